The van der Waals surface area contributed by atoms with Crippen molar-refractivity contribution < 1.29 is 24.0 Å². The van der Waals surface area contributed by atoms with Gasteiger partial charge in [0, 0.05) is 69.3 Å². The molecule has 5 aliphatic rings. The number of fused-ring (bicyclic) bond motifs is 1. The van der Waals surface area contributed by atoms with Crippen LogP contribution in [0.4, 0.5) is 22.7 Å². The van der Waals surface area contributed by atoms with Crippen LogP contribution < -0.4 is 26.2 Å². The van der Waals surface area contributed by atoms with Crippen molar-refractivity contribution in [3.63, 3.8) is 0 Å². The molecular formula is C41H48N8O5. The van der Waals surface area contributed by atoms with Gasteiger partial charge in [-0.1, -0.05) is 12.1 Å². The number of piperazine rings is 1. The minimum Gasteiger partial charge on any atom is -0.371 e. The van der Waals surface area contributed by atoms with E-state index >= 15 is 0 Å². The molecule has 2 atom stereocenters. The average Bonchev–Trinajstić information content (AvgIpc) is 3.74. The lowest BCUT2D eigenvalue weighted by atomic mass is 9.89. The molecule has 0 bridgehead atoms. The molecule has 4 fully saturated rings. The molecule has 5 amide bonds. The van der Waals surface area contributed by atoms with Crippen molar-refractivity contribution in [1.82, 2.24) is 20.0 Å². The number of carbonyl (C=O) groups is 5. The standard InChI is InChI=1S/C41H48N8O5/c1-45-18-20-47(21-19-45)31-7-9-33(38(42)51)35(23-31)43-29-4-2-27(3-5-29)28-13-15-46(16-14-28)24-26-12-17-48(25-26)30-6-8-32-34(22-30)41(54)49(40(32)53)36-10-11-37(50)44-39(36)52/h2-9,22-23,26,28,36,43H,10-21,24-25H2,1H3,(H2,42,51)(H,44,50,52)/t26-,36?/m1/s1. The zero-order valence-corrected chi connectivity index (χ0v) is 30.8. The number of rotatable bonds is 9. The Labute approximate surface area is 315 Å². The van der Waals surface area contributed by atoms with E-state index in [0.29, 0.717) is 28.5 Å². The monoisotopic (exact) mass is 732 g/mol. The van der Waals surface area contributed by atoms with Gasteiger partial charge in [0.2, 0.25) is 11.8 Å². The van der Waals surface area contributed by atoms with Gasteiger partial charge >= 0.3 is 0 Å². The van der Waals surface area contributed by atoms with Gasteiger partial charge < -0.3 is 30.7 Å². The van der Waals surface area contributed by atoms with Crippen molar-refractivity contribution in [2.75, 3.05) is 81.1 Å². The van der Waals surface area contributed by atoms with Crippen LogP contribution in [-0.4, -0.2) is 116 Å². The Morgan fingerprint density at radius 2 is 1.48 bits per heavy atom. The van der Waals surface area contributed by atoms with E-state index < -0.39 is 29.7 Å². The smallest absolute Gasteiger partial charge is 0.262 e. The molecule has 0 saturated carbocycles. The molecule has 0 aliphatic carbocycles. The molecule has 3 aromatic rings. The lowest BCUT2D eigenvalue weighted by Crippen LogP contribution is -2.54. The number of carbonyl (C=O) groups excluding carboxylic acids is 5. The first-order valence-electron chi connectivity index (χ1n) is 19.2. The molecule has 13 nitrogen and oxygen atoms in total. The number of primary amides is 1. The quantitative estimate of drug-likeness (QED) is 0.280. The second-order valence-electron chi connectivity index (χ2n) is 15.5. The molecule has 5 aliphatic heterocycles. The van der Waals surface area contributed by atoms with Crippen molar-refractivity contribution in [1.29, 1.82) is 0 Å². The van der Waals surface area contributed by atoms with E-state index in [2.05, 4.69) is 61.5 Å². The van der Waals surface area contributed by atoms with Crippen LogP contribution in [0.3, 0.4) is 0 Å². The molecule has 4 saturated heterocycles. The number of hydrogen-bond donors (Lipinski definition) is 3. The molecule has 0 radical (unpaired) electrons. The Morgan fingerprint density at radius 3 is 2.20 bits per heavy atom. The maximum absolute atomic E-state index is 13.3. The summed E-state index contributed by atoms with van der Waals surface area (Å²) in [6.07, 6.45) is 3.48. The van der Waals surface area contributed by atoms with Gasteiger partial charge in [0.15, 0.2) is 0 Å². The molecule has 13 heteroatoms. The van der Waals surface area contributed by atoms with Gasteiger partial charge in [-0.3, -0.25) is 34.2 Å². The van der Waals surface area contributed by atoms with Crippen molar-refractivity contribution in [3.05, 3.63) is 82.9 Å². The highest BCUT2D eigenvalue weighted by Crippen LogP contribution is 2.35. The van der Waals surface area contributed by atoms with Crippen LogP contribution in [0.1, 0.15) is 74.7 Å². The largest absolute Gasteiger partial charge is 0.371 e. The summed E-state index contributed by atoms with van der Waals surface area (Å²) in [6, 6.07) is 18.8. The highest BCUT2D eigenvalue weighted by atomic mass is 16.2. The lowest BCUT2D eigenvalue weighted by Gasteiger charge is -2.34. The van der Waals surface area contributed by atoms with Crippen LogP contribution in [0, 0.1) is 5.92 Å². The van der Waals surface area contributed by atoms with Crippen molar-refractivity contribution >= 4 is 52.3 Å². The summed E-state index contributed by atoms with van der Waals surface area (Å²) in [5.41, 5.74) is 11.8. The second-order valence-corrected chi connectivity index (χ2v) is 15.5. The normalized spacial score (nSPS) is 22.9. The Kier molecular flexibility index (Phi) is 9.84. The van der Waals surface area contributed by atoms with E-state index in [1.165, 1.54) is 5.56 Å². The van der Waals surface area contributed by atoms with Crippen LogP contribution in [-0.2, 0) is 9.59 Å². The number of likely N-dealkylation sites (N-methyl/N-ethyl adjacent to an activating group) is 1. The number of imide groups is 2. The SMILES string of the molecule is CN1CCN(c2ccc(C(N)=O)c(Nc3ccc(C4CCN(C[C@H]5CCN(c6ccc7c(c6)C(=O)N(C6CCC(=O)NC6=O)C7=O)C5)CC4)cc3)c2)CC1. The summed E-state index contributed by atoms with van der Waals surface area (Å²) in [5.74, 6) is -1.40. The lowest BCUT2D eigenvalue weighted by molar-refractivity contribution is -0.136. The summed E-state index contributed by atoms with van der Waals surface area (Å²) < 4.78 is 0. The molecule has 282 valence electrons. The van der Waals surface area contributed by atoms with E-state index in [9.17, 15) is 24.0 Å². The van der Waals surface area contributed by atoms with Crippen molar-refractivity contribution in [2.24, 2.45) is 11.7 Å². The highest BCUT2D eigenvalue weighted by molar-refractivity contribution is 6.23. The number of nitrogens with zero attached hydrogens (tertiary/aromatic N) is 5. The fraction of sp³-hybridized carbons (Fsp3) is 0.439. The van der Waals surface area contributed by atoms with Crippen LogP contribution in [0.25, 0.3) is 0 Å². The first kappa shape index (κ1) is 35.7. The zero-order valence-electron chi connectivity index (χ0n) is 30.8. The van der Waals surface area contributed by atoms with E-state index in [4.69, 9.17) is 5.73 Å². The van der Waals surface area contributed by atoms with Crippen LogP contribution in [0.15, 0.2) is 60.7 Å². The molecule has 54 heavy (non-hydrogen) atoms. The van der Waals surface area contributed by atoms with Gasteiger partial charge in [0.1, 0.15) is 6.04 Å². The third kappa shape index (κ3) is 7.17. The van der Waals surface area contributed by atoms with E-state index in [1.807, 2.05) is 24.3 Å². The number of amides is 5. The summed E-state index contributed by atoms with van der Waals surface area (Å²) in [5, 5.41) is 5.71. The zero-order chi connectivity index (χ0) is 37.5. The Hall–Kier alpha value is -5.27. The number of hydrogen-bond acceptors (Lipinski definition) is 10. The van der Waals surface area contributed by atoms with Gasteiger partial charge in [0.05, 0.1) is 22.4 Å². The number of anilines is 4. The first-order valence-corrected chi connectivity index (χ1v) is 19.2. The predicted molar refractivity (Wildman–Crippen MR) is 206 cm³/mol. The van der Waals surface area contributed by atoms with E-state index in [-0.39, 0.29) is 18.7 Å². The van der Waals surface area contributed by atoms with Crippen molar-refractivity contribution in [3.8, 4) is 0 Å². The van der Waals surface area contributed by atoms with E-state index in [0.717, 1.165) is 106 Å². The van der Waals surface area contributed by atoms with Crippen LogP contribution >= 0.6 is 0 Å². The Bertz CT molecular complexity index is 1970. The summed E-state index contributed by atoms with van der Waals surface area (Å²) in [6.45, 7) is 8.73. The molecule has 8 rings (SSSR count). The molecule has 3 aromatic carbocycles. The number of likely N-dealkylation sites (tertiary alicyclic amines) is 1. The minimum atomic E-state index is -0.964. The first-order chi connectivity index (χ1) is 26.1. The highest BCUT2D eigenvalue weighted by Gasteiger charge is 2.45. The summed E-state index contributed by atoms with van der Waals surface area (Å²) >= 11 is 0. The Morgan fingerprint density at radius 1 is 0.778 bits per heavy atom. The molecule has 1 unspecified atom stereocenters. The predicted octanol–water partition coefficient (Wildman–Crippen LogP) is 3.39. The number of benzene rings is 3. The summed E-state index contributed by atoms with van der Waals surface area (Å²) in [7, 11) is 2.14. The van der Waals surface area contributed by atoms with Crippen LogP contribution in [0.2, 0.25) is 0 Å². The maximum Gasteiger partial charge on any atom is 0.262 e. The molecule has 0 aromatic heterocycles. The fourth-order valence-electron chi connectivity index (χ4n) is 8.79. The molecule has 4 N–H and O–H groups in total. The van der Waals surface area contributed by atoms with Gasteiger partial charge in [-0.2, -0.15) is 0 Å². The number of nitrogens with two attached hydrogens (primary N) is 1. The molecule has 0 spiro atoms. The topological polar surface area (TPSA) is 152 Å². The second kappa shape index (κ2) is 14.9. The third-order valence-corrected chi connectivity index (χ3v) is 12.0. The molecule has 5 heterocycles. The average molecular weight is 733 g/mol. The fourth-order valence-corrected chi connectivity index (χ4v) is 8.79. The van der Waals surface area contributed by atoms with Gasteiger partial charge in [-0.25, -0.2) is 0 Å². The minimum absolute atomic E-state index is 0.0991. The van der Waals surface area contributed by atoms with E-state index in [1.54, 1.807) is 12.1 Å². The van der Waals surface area contributed by atoms with Gasteiger partial charge in [-0.05, 0) is 112 Å². The van der Waals surface area contributed by atoms with Crippen molar-refractivity contribution in [2.45, 2.75) is 44.1 Å². The third-order valence-electron chi connectivity index (χ3n) is 12.0. The number of piperidine rings is 2. The molecular weight excluding hydrogens is 685 g/mol. The summed E-state index contributed by atoms with van der Waals surface area (Å²) in [4.78, 5) is 73.3. The number of nitrogens with one attached hydrogen (secondary N) is 2. The Balaban J connectivity index is 0.833. The van der Waals surface area contributed by atoms with Gasteiger partial charge in [-0.15, -0.1) is 0 Å². The van der Waals surface area contributed by atoms with Crippen LogP contribution in [0.5, 0.6) is 0 Å². The van der Waals surface area contributed by atoms with Gasteiger partial charge in [0.25, 0.3) is 17.7 Å². The maximum atomic E-state index is 13.3.